The molecule has 0 fully saturated rings. The summed E-state index contributed by atoms with van der Waals surface area (Å²) in [5, 5.41) is 0.344. The van der Waals surface area contributed by atoms with Crippen molar-refractivity contribution in [1.82, 2.24) is 0 Å². The van der Waals surface area contributed by atoms with Crippen LogP contribution in [0, 0.1) is 0 Å². The molecule has 0 aliphatic rings. The standard InChI is InChI=1S/C12H11O3P/c13-16(14)12-9-5-4-8-11(12)15-10-6-2-1-3-7-10/h1-9,16H,(H,13,14). The lowest BCUT2D eigenvalue weighted by atomic mass is 10.3. The molecule has 0 heterocycles. The molecule has 0 saturated carbocycles. The van der Waals surface area contributed by atoms with Crippen LogP contribution in [-0.2, 0) is 4.57 Å². The van der Waals surface area contributed by atoms with Crippen molar-refractivity contribution in [2.24, 2.45) is 0 Å². The predicted octanol–water partition coefficient (Wildman–Crippen LogP) is 2.57. The maximum Gasteiger partial charge on any atom is 0.221 e. The molecule has 0 aliphatic carbocycles. The fraction of sp³-hybridized carbons (Fsp3) is 0. The number of para-hydroxylation sites is 2. The summed E-state index contributed by atoms with van der Waals surface area (Å²) in [5.74, 6) is 1.08. The monoisotopic (exact) mass is 234 g/mol. The summed E-state index contributed by atoms with van der Waals surface area (Å²) in [4.78, 5) is 9.15. The second-order valence-electron chi connectivity index (χ2n) is 3.22. The fourth-order valence-corrected chi connectivity index (χ4v) is 1.93. The summed E-state index contributed by atoms with van der Waals surface area (Å²) in [5.41, 5.74) is 0. The molecule has 82 valence electrons. The topological polar surface area (TPSA) is 46.5 Å². The maximum atomic E-state index is 11.1. The van der Waals surface area contributed by atoms with E-state index in [2.05, 4.69) is 0 Å². The van der Waals surface area contributed by atoms with Crippen molar-refractivity contribution in [3.63, 3.8) is 0 Å². The SMILES string of the molecule is O=[PH](O)c1ccccc1Oc1ccccc1. The average Bonchev–Trinajstić information content (AvgIpc) is 2.31. The largest absolute Gasteiger partial charge is 0.457 e. The highest BCUT2D eigenvalue weighted by atomic mass is 31.1. The molecule has 1 atom stereocenters. The molecular formula is C12H11O3P. The lowest BCUT2D eigenvalue weighted by Gasteiger charge is -2.08. The van der Waals surface area contributed by atoms with Crippen molar-refractivity contribution in [3.8, 4) is 11.5 Å². The molecule has 1 N–H and O–H groups in total. The Morgan fingerprint density at radius 3 is 2.25 bits per heavy atom. The molecular weight excluding hydrogens is 223 g/mol. The van der Waals surface area contributed by atoms with Gasteiger partial charge in [0.25, 0.3) is 0 Å². The Labute approximate surface area is 94.2 Å². The first-order valence-corrected chi connectivity index (χ1v) is 6.18. The van der Waals surface area contributed by atoms with E-state index in [-0.39, 0.29) is 0 Å². The number of hydrogen-bond donors (Lipinski definition) is 1. The van der Waals surface area contributed by atoms with E-state index in [1.165, 1.54) is 0 Å². The maximum absolute atomic E-state index is 11.1. The molecule has 0 aliphatic heterocycles. The minimum Gasteiger partial charge on any atom is -0.457 e. The van der Waals surface area contributed by atoms with Crippen LogP contribution in [0.3, 0.4) is 0 Å². The molecule has 0 saturated heterocycles. The number of ether oxygens (including phenoxy) is 1. The van der Waals surface area contributed by atoms with Crippen LogP contribution in [0.1, 0.15) is 0 Å². The summed E-state index contributed by atoms with van der Waals surface area (Å²) in [6, 6.07) is 15.9. The third-order valence-corrected chi connectivity index (χ3v) is 2.96. The third kappa shape index (κ3) is 2.51. The van der Waals surface area contributed by atoms with Gasteiger partial charge >= 0.3 is 0 Å². The Balaban J connectivity index is 2.31. The van der Waals surface area contributed by atoms with Gasteiger partial charge in [0, 0.05) is 0 Å². The fourth-order valence-electron chi connectivity index (χ4n) is 1.35. The van der Waals surface area contributed by atoms with Crippen LogP contribution >= 0.6 is 8.03 Å². The van der Waals surface area contributed by atoms with E-state index in [0.717, 1.165) is 0 Å². The van der Waals surface area contributed by atoms with Crippen molar-refractivity contribution < 1.29 is 14.2 Å². The number of rotatable bonds is 3. The van der Waals surface area contributed by atoms with E-state index in [0.29, 0.717) is 16.8 Å². The van der Waals surface area contributed by atoms with Crippen LogP contribution in [0.25, 0.3) is 0 Å². The molecule has 16 heavy (non-hydrogen) atoms. The molecule has 2 aromatic carbocycles. The third-order valence-electron chi connectivity index (χ3n) is 2.09. The molecule has 2 aromatic rings. The number of benzene rings is 2. The zero-order valence-corrected chi connectivity index (χ0v) is 9.46. The van der Waals surface area contributed by atoms with Crippen molar-refractivity contribution in [3.05, 3.63) is 54.6 Å². The quantitative estimate of drug-likeness (QED) is 0.830. The predicted molar refractivity (Wildman–Crippen MR) is 63.8 cm³/mol. The highest BCUT2D eigenvalue weighted by Crippen LogP contribution is 2.25. The van der Waals surface area contributed by atoms with Crippen molar-refractivity contribution in [2.45, 2.75) is 0 Å². The Morgan fingerprint density at radius 1 is 0.938 bits per heavy atom. The van der Waals surface area contributed by atoms with E-state index in [9.17, 15) is 4.57 Å². The van der Waals surface area contributed by atoms with Gasteiger partial charge in [0.15, 0.2) is 0 Å². The first-order valence-electron chi connectivity index (χ1n) is 4.82. The Kier molecular flexibility index (Phi) is 3.40. The summed E-state index contributed by atoms with van der Waals surface area (Å²) in [7, 11) is -2.74. The Morgan fingerprint density at radius 2 is 1.56 bits per heavy atom. The van der Waals surface area contributed by atoms with Crippen LogP contribution in [0.15, 0.2) is 54.6 Å². The van der Waals surface area contributed by atoms with E-state index >= 15 is 0 Å². The second-order valence-corrected chi connectivity index (χ2v) is 4.37. The van der Waals surface area contributed by atoms with E-state index in [1.807, 2.05) is 18.2 Å². The highest BCUT2D eigenvalue weighted by molar-refractivity contribution is 7.47. The minimum atomic E-state index is -2.74. The van der Waals surface area contributed by atoms with Gasteiger partial charge < -0.3 is 9.63 Å². The molecule has 2 rings (SSSR count). The summed E-state index contributed by atoms with van der Waals surface area (Å²) < 4.78 is 16.7. The van der Waals surface area contributed by atoms with Gasteiger partial charge in [-0.1, -0.05) is 30.3 Å². The molecule has 0 spiro atoms. The van der Waals surface area contributed by atoms with Gasteiger partial charge in [-0.05, 0) is 24.3 Å². The smallest absolute Gasteiger partial charge is 0.221 e. The van der Waals surface area contributed by atoms with Gasteiger partial charge in [-0.25, -0.2) is 0 Å². The van der Waals surface area contributed by atoms with Gasteiger partial charge in [0.2, 0.25) is 8.03 Å². The van der Waals surface area contributed by atoms with Crippen LogP contribution in [0.5, 0.6) is 11.5 Å². The lowest BCUT2D eigenvalue weighted by molar-refractivity contribution is 0.481. The van der Waals surface area contributed by atoms with Crippen molar-refractivity contribution in [2.75, 3.05) is 0 Å². The van der Waals surface area contributed by atoms with Crippen LogP contribution < -0.4 is 10.0 Å². The van der Waals surface area contributed by atoms with Gasteiger partial charge in [0.1, 0.15) is 11.5 Å². The summed E-state index contributed by atoms with van der Waals surface area (Å²) in [6.45, 7) is 0. The first kappa shape index (κ1) is 10.9. The van der Waals surface area contributed by atoms with E-state index in [1.54, 1.807) is 36.4 Å². The highest BCUT2D eigenvalue weighted by Gasteiger charge is 2.07. The van der Waals surface area contributed by atoms with Crippen LogP contribution in [-0.4, -0.2) is 4.89 Å². The molecule has 0 amide bonds. The molecule has 0 radical (unpaired) electrons. The first-order chi connectivity index (χ1) is 7.77. The number of hydrogen-bond acceptors (Lipinski definition) is 2. The van der Waals surface area contributed by atoms with Crippen LogP contribution in [0.4, 0.5) is 0 Å². The van der Waals surface area contributed by atoms with Crippen molar-refractivity contribution in [1.29, 1.82) is 0 Å². The normalized spacial score (nSPS) is 12.1. The molecule has 1 unspecified atom stereocenters. The Hall–Kier alpha value is -1.57. The van der Waals surface area contributed by atoms with E-state index in [4.69, 9.17) is 9.63 Å². The Bertz CT molecular complexity index is 497. The lowest BCUT2D eigenvalue weighted by Crippen LogP contribution is -2.00. The average molecular weight is 234 g/mol. The summed E-state index contributed by atoms with van der Waals surface area (Å²) in [6.07, 6.45) is 0. The molecule has 3 nitrogen and oxygen atoms in total. The van der Waals surface area contributed by atoms with Crippen LogP contribution in [0.2, 0.25) is 0 Å². The molecule has 0 bridgehead atoms. The zero-order chi connectivity index (χ0) is 11.4. The summed E-state index contributed by atoms with van der Waals surface area (Å²) >= 11 is 0. The second kappa shape index (κ2) is 4.97. The van der Waals surface area contributed by atoms with Crippen molar-refractivity contribution >= 4 is 13.3 Å². The van der Waals surface area contributed by atoms with Gasteiger partial charge in [-0.2, -0.15) is 0 Å². The minimum absolute atomic E-state index is 0.344. The van der Waals surface area contributed by atoms with Gasteiger partial charge in [0.05, 0.1) is 5.30 Å². The molecule has 0 aromatic heterocycles. The zero-order valence-electron chi connectivity index (χ0n) is 8.46. The van der Waals surface area contributed by atoms with Gasteiger partial charge in [-0.3, -0.25) is 4.57 Å². The van der Waals surface area contributed by atoms with Gasteiger partial charge in [-0.15, -0.1) is 0 Å². The molecule has 4 heteroatoms. The van der Waals surface area contributed by atoms with E-state index < -0.39 is 8.03 Å².